The van der Waals surface area contributed by atoms with Crippen molar-refractivity contribution in [1.29, 1.82) is 0 Å². The molecule has 0 aromatic heterocycles. The molecule has 6 nitrogen and oxygen atoms in total. The van der Waals surface area contributed by atoms with Gasteiger partial charge in [0.1, 0.15) is 11.6 Å². The SMILES string of the molecule is O=C(COc1ccc(F)cc1)Nc1cccc(S(=O)(=O)N2CCCC2)c1. The number of benzene rings is 2. The van der Waals surface area contributed by atoms with E-state index in [0.29, 0.717) is 24.5 Å². The van der Waals surface area contributed by atoms with Gasteiger partial charge in [0.15, 0.2) is 6.61 Å². The van der Waals surface area contributed by atoms with E-state index in [-0.39, 0.29) is 11.5 Å². The first-order chi connectivity index (χ1) is 12.4. The van der Waals surface area contributed by atoms with E-state index >= 15 is 0 Å². The number of nitrogens with zero attached hydrogens (tertiary/aromatic N) is 1. The molecule has 0 aliphatic carbocycles. The number of sulfonamides is 1. The van der Waals surface area contributed by atoms with E-state index < -0.39 is 21.7 Å². The third-order valence-electron chi connectivity index (χ3n) is 4.00. The van der Waals surface area contributed by atoms with Crippen LogP contribution < -0.4 is 10.1 Å². The molecule has 1 saturated heterocycles. The van der Waals surface area contributed by atoms with E-state index in [1.165, 1.54) is 40.7 Å². The lowest BCUT2D eigenvalue weighted by molar-refractivity contribution is -0.118. The quantitative estimate of drug-likeness (QED) is 0.838. The van der Waals surface area contributed by atoms with Crippen molar-refractivity contribution in [2.45, 2.75) is 17.7 Å². The van der Waals surface area contributed by atoms with Crippen molar-refractivity contribution in [3.8, 4) is 5.75 Å². The Kier molecular flexibility index (Phi) is 5.53. The molecule has 3 rings (SSSR count). The zero-order chi connectivity index (χ0) is 18.6. The molecule has 1 N–H and O–H groups in total. The molecule has 1 aliphatic rings. The molecule has 26 heavy (non-hydrogen) atoms. The maximum absolute atomic E-state index is 12.8. The summed E-state index contributed by atoms with van der Waals surface area (Å²) in [6.45, 7) is 0.767. The van der Waals surface area contributed by atoms with Crippen LogP contribution in [0.15, 0.2) is 53.4 Å². The fourth-order valence-corrected chi connectivity index (χ4v) is 4.25. The molecule has 0 unspecified atom stereocenters. The van der Waals surface area contributed by atoms with Crippen molar-refractivity contribution in [1.82, 2.24) is 4.31 Å². The number of halogens is 1. The summed E-state index contributed by atoms with van der Waals surface area (Å²) in [5.74, 6) is -0.463. The Hall–Kier alpha value is -2.45. The maximum atomic E-state index is 12.8. The summed E-state index contributed by atoms with van der Waals surface area (Å²) >= 11 is 0. The highest BCUT2D eigenvalue weighted by Gasteiger charge is 2.27. The molecule has 2 aromatic rings. The first kappa shape index (κ1) is 18.3. The lowest BCUT2D eigenvalue weighted by atomic mass is 10.3. The van der Waals surface area contributed by atoms with Crippen LogP contribution in [0.4, 0.5) is 10.1 Å². The molecule has 0 atom stereocenters. The highest BCUT2D eigenvalue weighted by atomic mass is 32.2. The summed E-state index contributed by atoms with van der Waals surface area (Å²) in [4.78, 5) is 12.1. The largest absolute Gasteiger partial charge is 0.484 e. The first-order valence-corrected chi connectivity index (χ1v) is 9.67. The molecule has 138 valence electrons. The van der Waals surface area contributed by atoms with Gasteiger partial charge in [-0.05, 0) is 55.3 Å². The number of rotatable bonds is 6. The van der Waals surface area contributed by atoms with Crippen molar-refractivity contribution < 1.29 is 22.3 Å². The Morgan fingerprint density at radius 1 is 1.12 bits per heavy atom. The summed E-state index contributed by atoms with van der Waals surface area (Å²) in [7, 11) is -3.54. The molecular formula is C18H19FN2O4S. The summed E-state index contributed by atoms with van der Waals surface area (Å²) < 4.78 is 44.7. The van der Waals surface area contributed by atoms with Crippen LogP contribution >= 0.6 is 0 Å². The third-order valence-corrected chi connectivity index (χ3v) is 5.90. The number of hydrogen-bond donors (Lipinski definition) is 1. The van der Waals surface area contributed by atoms with Crippen molar-refractivity contribution in [2.75, 3.05) is 25.0 Å². The summed E-state index contributed by atoms with van der Waals surface area (Å²) in [6.07, 6.45) is 1.72. The Labute approximate surface area is 151 Å². The van der Waals surface area contributed by atoms with Crippen molar-refractivity contribution >= 4 is 21.6 Å². The highest BCUT2D eigenvalue weighted by Crippen LogP contribution is 2.23. The van der Waals surface area contributed by atoms with E-state index in [0.717, 1.165) is 12.8 Å². The topological polar surface area (TPSA) is 75.7 Å². The number of carbonyl (C=O) groups excluding carboxylic acids is 1. The van der Waals surface area contributed by atoms with E-state index in [4.69, 9.17) is 4.74 Å². The fourth-order valence-electron chi connectivity index (χ4n) is 2.69. The van der Waals surface area contributed by atoms with Gasteiger partial charge in [-0.25, -0.2) is 12.8 Å². The molecule has 1 fully saturated rings. The zero-order valence-corrected chi connectivity index (χ0v) is 14.8. The van der Waals surface area contributed by atoms with E-state index in [1.54, 1.807) is 12.1 Å². The number of hydrogen-bond acceptors (Lipinski definition) is 4. The molecule has 0 bridgehead atoms. The van der Waals surface area contributed by atoms with Crippen LogP contribution in [-0.2, 0) is 14.8 Å². The Morgan fingerprint density at radius 2 is 1.81 bits per heavy atom. The summed E-state index contributed by atoms with van der Waals surface area (Å²) in [5.41, 5.74) is 0.373. The smallest absolute Gasteiger partial charge is 0.262 e. The maximum Gasteiger partial charge on any atom is 0.262 e. The second-order valence-corrected chi connectivity index (χ2v) is 7.87. The molecule has 1 heterocycles. The van der Waals surface area contributed by atoms with Crippen molar-refractivity contribution in [3.63, 3.8) is 0 Å². The summed E-state index contributed by atoms with van der Waals surface area (Å²) in [6, 6.07) is 11.5. The average molecular weight is 378 g/mol. The van der Waals surface area contributed by atoms with Crippen molar-refractivity contribution in [3.05, 3.63) is 54.3 Å². The number of amides is 1. The van der Waals surface area contributed by atoms with Crippen LogP contribution in [0, 0.1) is 5.82 Å². The molecular weight excluding hydrogens is 359 g/mol. The van der Waals surface area contributed by atoms with Crippen LogP contribution in [-0.4, -0.2) is 38.3 Å². The number of anilines is 1. The minimum atomic E-state index is -3.54. The number of ether oxygens (including phenoxy) is 1. The monoisotopic (exact) mass is 378 g/mol. The standard InChI is InChI=1S/C18H19FN2O4S/c19-14-6-8-16(9-7-14)25-13-18(22)20-15-4-3-5-17(12-15)26(23,24)21-10-1-2-11-21/h3-9,12H,1-2,10-11,13H2,(H,20,22). The van der Waals surface area contributed by atoms with Crippen LogP contribution in [0.25, 0.3) is 0 Å². The Bertz CT molecular complexity index is 878. The minimum absolute atomic E-state index is 0.150. The number of nitrogens with one attached hydrogen (secondary N) is 1. The van der Waals surface area contributed by atoms with Crippen LogP contribution in [0.5, 0.6) is 5.75 Å². The van der Waals surface area contributed by atoms with Crippen molar-refractivity contribution in [2.24, 2.45) is 0 Å². The predicted octanol–water partition coefficient (Wildman–Crippen LogP) is 2.63. The average Bonchev–Trinajstić information content (AvgIpc) is 3.17. The van der Waals surface area contributed by atoms with Gasteiger partial charge >= 0.3 is 0 Å². The summed E-state index contributed by atoms with van der Waals surface area (Å²) in [5, 5.41) is 2.61. The van der Waals surface area contributed by atoms with Crippen LogP contribution in [0.3, 0.4) is 0 Å². The van der Waals surface area contributed by atoms with Gasteiger partial charge in [-0.15, -0.1) is 0 Å². The van der Waals surface area contributed by atoms with E-state index in [2.05, 4.69) is 5.32 Å². The van der Waals surface area contributed by atoms with Gasteiger partial charge in [-0.3, -0.25) is 4.79 Å². The van der Waals surface area contributed by atoms with Gasteiger partial charge in [-0.2, -0.15) is 4.31 Å². The zero-order valence-electron chi connectivity index (χ0n) is 14.0. The van der Waals surface area contributed by atoms with Gasteiger partial charge in [0, 0.05) is 18.8 Å². The van der Waals surface area contributed by atoms with Gasteiger partial charge in [0.05, 0.1) is 4.90 Å². The number of carbonyl (C=O) groups is 1. The molecule has 0 radical (unpaired) electrons. The second kappa shape index (κ2) is 7.84. The molecule has 0 spiro atoms. The van der Waals surface area contributed by atoms with Gasteiger partial charge in [-0.1, -0.05) is 6.07 Å². The Morgan fingerprint density at radius 3 is 2.50 bits per heavy atom. The molecule has 0 saturated carbocycles. The molecule has 8 heteroatoms. The predicted molar refractivity (Wildman–Crippen MR) is 95.0 cm³/mol. The van der Waals surface area contributed by atoms with Gasteiger partial charge < -0.3 is 10.1 Å². The van der Waals surface area contributed by atoms with Crippen LogP contribution in [0.2, 0.25) is 0 Å². The lowest BCUT2D eigenvalue weighted by Gasteiger charge is -2.16. The lowest BCUT2D eigenvalue weighted by Crippen LogP contribution is -2.28. The Balaban J connectivity index is 1.62. The minimum Gasteiger partial charge on any atom is -0.484 e. The highest BCUT2D eigenvalue weighted by molar-refractivity contribution is 7.89. The second-order valence-electron chi connectivity index (χ2n) is 5.93. The van der Waals surface area contributed by atoms with Gasteiger partial charge in [0.25, 0.3) is 5.91 Å². The van der Waals surface area contributed by atoms with E-state index in [9.17, 15) is 17.6 Å². The van der Waals surface area contributed by atoms with E-state index in [1.807, 2.05) is 0 Å². The van der Waals surface area contributed by atoms with Gasteiger partial charge in [0.2, 0.25) is 10.0 Å². The molecule has 1 aliphatic heterocycles. The van der Waals surface area contributed by atoms with Crippen LogP contribution in [0.1, 0.15) is 12.8 Å². The fraction of sp³-hybridized carbons (Fsp3) is 0.278. The molecule has 2 aromatic carbocycles. The first-order valence-electron chi connectivity index (χ1n) is 8.23. The molecule has 1 amide bonds. The normalized spacial score (nSPS) is 15.0. The third kappa shape index (κ3) is 4.39.